The van der Waals surface area contributed by atoms with Crippen LogP contribution in [0, 0.1) is 0 Å². The predicted octanol–water partition coefficient (Wildman–Crippen LogP) is 9.91. The van der Waals surface area contributed by atoms with Gasteiger partial charge in [0.05, 0.1) is 11.0 Å². The first-order valence-electron chi connectivity index (χ1n) is 12.8. The Kier molecular flexibility index (Phi) is 4.29. The van der Waals surface area contributed by atoms with E-state index in [1.165, 1.54) is 70.9 Å². The molecule has 0 aliphatic carbocycles. The Labute approximate surface area is 214 Å². The molecule has 0 aliphatic rings. The van der Waals surface area contributed by atoms with Crippen LogP contribution < -0.4 is 0 Å². The maximum absolute atomic E-state index is 2.37. The molecule has 8 aromatic rings. The largest absolute Gasteiger partial charge is 0.309 e. The van der Waals surface area contributed by atoms with Gasteiger partial charge in [-0.1, -0.05) is 103 Å². The van der Waals surface area contributed by atoms with Crippen LogP contribution >= 0.6 is 0 Å². The zero-order valence-corrected chi connectivity index (χ0v) is 20.2. The first-order chi connectivity index (χ1) is 18.3. The van der Waals surface area contributed by atoms with Crippen molar-refractivity contribution >= 4 is 54.1 Å². The van der Waals surface area contributed by atoms with Crippen molar-refractivity contribution in [1.82, 2.24) is 4.57 Å². The molecule has 1 heteroatoms. The third-order valence-corrected chi connectivity index (χ3v) is 7.76. The molecule has 1 nitrogen and oxygen atoms in total. The highest BCUT2D eigenvalue weighted by Gasteiger charge is 2.12. The summed E-state index contributed by atoms with van der Waals surface area (Å²) in [5.41, 5.74) is 6.15. The van der Waals surface area contributed by atoms with Crippen molar-refractivity contribution in [3.05, 3.63) is 140 Å². The summed E-state index contributed by atoms with van der Waals surface area (Å²) >= 11 is 0. The van der Waals surface area contributed by atoms with Crippen LogP contribution in [0.3, 0.4) is 0 Å². The highest BCUT2D eigenvalue weighted by atomic mass is 15.0. The van der Waals surface area contributed by atoms with E-state index >= 15 is 0 Å². The maximum atomic E-state index is 2.37. The van der Waals surface area contributed by atoms with Gasteiger partial charge in [0.1, 0.15) is 0 Å². The second kappa shape index (κ2) is 7.81. The Morgan fingerprint density at radius 1 is 0.351 bits per heavy atom. The molecule has 0 N–H and O–H groups in total. The van der Waals surface area contributed by atoms with E-state index in [0.717, 1.165) is 0 Å². The number of hydrogen-bond donors (Lipinski definition) is 0. The Morgan fingerprint density at radius 2 is 0.919 bits per heavy atom. The molecule has 0 saturated heterocycles. The second-order valence-corrected chi connectivity index (χ2v) is 9.80. The molecular weight excluding hydrogens is 446 g/mol. The van der Waals surface area contributed by atoms with Gasteiger partial charge < -0.3 is 4.57 Å². The molecule has 0 aliphatic heterocycles. The summed E-state index contributed by atoms with van der Waals surface area (Å²) in [6.45, 7) is 0. The number of nitrogens with zero attached hydrogens (tertiary/aromatic N) is 1. The highest BCUT2D eigenvalue weighted by molar-refractivity contribution is 6.14. The summed E-state index contributed by atoms with van der Waals surface area (Å²) in [6, 6.07) is 50.8. The topological polar surface area (TPSA) is 4.93 Å². The zero-order valence-electron chi connectivity index (χ0n) is 20.2. The molecule has 0 spiro atoms. The van der Waals surface area contributed by atoms with Crippen LogP contribution in [0.25, 0.3) is 70.9 Å². The molecule has 1 heterocycles. The van der Waals surface area contributed by atoms with E-state index in [2.05, 4.69) is 144 Å². The number of fused-ring (bicyclic) bond motifs is 7. The number of aromatic nitrogens is 1. The molecule has 7 aromatic carbocycles. The smallest absolute Gasteiger partial charge is 0.0541 e. The molecule has 0 bridgehead atoms. The van der Waals surface area contributed by atoms with Crippen LogP contribution in [0.2, 0.25) is 0 Å². The summed E-state index contributed by atoms with van der Waals surface area (Å²) in [7, 11) is 0. The summed E-state index contributed by atoms with van der Waals surface area (Å²) in [4.78, 5) is 0. The van der Waals surface area contributed by atoms with Crippen LogP contribution in [-0.4, -0.2) is 4.57 Å². The van der Waals surface area contributed by atoms with Crippen LogP contribution in [0.5, 0.6) is 0 Å². The number of para-hydroxylation sites is 2. The molecule has 1 aromatic heterocycles. The first-order valence-corrected chi connectivity index (χ1v) is 12.8. The molecule has 0 fully saturated rings. The van der Waals surface area contributed by atoms with Gasteiger partial charge >= 0.3 is 0 Å². The van der Waals surface area contributed by atoms with E-state index < -0.39 is 0 Å². The predicted molar refractivity (Wildman–Crippen MR) is 159 cm³/mol. The van der Waals surface area contributed by atoms with Crippen LogP contribution in [-0.2, 0) is 0 Å². The van der Waals surface area contributed by atoms with E-state index in [4.69, 9.17) is 0 Å². The van der Waals surface area contributed by atoms with Gasteiger partial charge in [-0.15, -0.1) is 0 Å². The minimum atomic E-state index is 1.18. The van der Waals surface area contributed by atoms with Gasteiger partial charge in [-0.3, -0.25) is 0 Å². The van der Waals surface area contributed by atoms with Gasteiger partial charge in [0.25, 0.3) is 0 Å². The minimum Gasteiger partial charge on any atom is -0.309 e. The SMILES string of the molecule is c1cc(-c2ccc(-n3c4ccccc4c4ccccc43)cc2)c2cc3ccc4ccccc4c3cc2c1. The lowest BCUT2D eigenvalue weighted by atomic mass is 9.93. The standard InChI is InChI=1S/C36H23N/c1-2-10-29-24(8-1)16-17-27-23-33-26(22-34(27)29)9-7-13-30(33)25-18-20-28(21-19-25)37-35-14-5-3-11-31(35)32-12-4-6-15-36(32)37/h1-23H. The fourth-order valence-electron chi connectivity index (χ4n) is 6.02. The lowest BCUT2D eigenvalue weighted by Gasteiger charge is -2.12. The Morgan fingerprint density at radius 3 is 1.68 bits per heavy atom. The van der Waals surface area contributed by atoms with Gasteiger partial charge in [-0.2, -0.15) is 0 Å². The van der Waals surface area contributed by atoms with Crippen molar-refractivity contribution in [2.75, 3.05) is 0 Å². The number of hydrogen-bond acceptors (Lipinski definition) is 0. The van der Waals surface area contributed by atoms with Crippen molar-refractivity contribution < 1.29 is 0 Å². The van der Waals surface area contributed by atoms with Crippen molar-refractivity contribution in [2.45, 2.75) is 0 Å². The van der Waals surface area contributed by atoms with E-state index in [0.29, 0.717) is 0 Å². The quantitative estimate of drug-likeness (QED) is 0.175. The third kappa shape index (κ3) is 3.04. The van der Waals surface area contributed by atoms with Crippen molar-refractivity contribution in [3.8, 4) is 16.8 Å². The average Bonchev–Trinajstić information content (AvgIpc) is 3.30. The molecule has 0 radical (unpaired) electrons. The molecule has 37 heavy (non-hydrogen) atoms. The maximum Gasteiger partial charge on any atom is 0.0541 e. The van der Waals surface area contributed by atoms with E-state index in [9.17, 15) is 0 Å². The molecule has 0 atom stereocenters. The lowest BCUT2D eigenvalue weighted by Crippen LogP contribution is -1.93. The Hall–Kier alpha value is -4.88. The summed E-state index contributed by atoms with van der Waals surface area (Å²) < 4.78 is 2.37. The van der Waals surface area contributed by atoms with Gasteiger partial charge in [0.2, 0.25) is 0 Å². The molecular formula is C36H23N. The second-order valence-electron chi connectivity index (χ2n) is 9.80. The fourth-order valence-corrected chi connectivity index (χ4v) is 6.02. The number of benzene rings is 7. The number of rotatable bonds is 2. The van der Waals surface area contributed by atoms with E-state index in [-0.39, 0.29) is 0 Å². The minimum absolute atomic E-state index is 1.18. The zero-order chi connectivity index (χ0) is 24.3. The molecule has 8 rings (SSSR count). The Bertz CT molecular complexity index is 2070. The summed E-state index contributed by atoms with van der Waals surface area (Å²) in [5.74, 6) is 0. The van der Waals surface area contributed by atoms with Crippen molar-refractivity contribution in [2.24, 2.45) is 0 Å². The van der Waals surface area contributed by atoms with E-state index in [1.807, 2.05) is 0 Å². The van der Waals surface area contributed by atoms with Crippen LogP contribution in [0.15, 0.2) is 140 Å². The van der Waals surface area contributed by atoms with Gasteiger partial charge in [-0.05, 0) is 79.8 Å². The fraction of sp³-hybridized carbons (Fsp3) is 0. The first kappa shape index (κ1) is 20.3. The molecule has 0 unspecified atom stereocenters. The lowest BCUT2D eigenvalue weighted by molar-refractivity contribution is 1.18. The van der Waals surface area contributed by atoms with Gasteiger partial charge in [0.15, 0.2) is 0 Å². The summed E-state index contributed by atoms with van der Waals surface area (Å²) in [5, 5.41) is 10.3. The van der Waals surface area contributed by atoms with E-state index in [1.54, 1.807) is 0 Å². The molecule has 0 saturated carbocycles. The van der Waals surface area contributed by atoms with Gasteiger partial charge in [0, 0.05) is 16.5 Å². The summed E-state index contributed by atoms with van der Waals surface area (Å²) in [6.07, 6.45) is 0. The third-order valence-electron chi connectivity index (χ3n) is 7.76. The van der Waals surface area contributed by atoms with Crippen molar-refractivity contribution in [3.63, 3.8) is 0 Å². The molecule has 0 amide bonds. The molecule has 172 valence electrons. The normalized spacial score (nSPS) is 11.8. The van der Waals surface area contributed by atoms with Crippen LogP contribution in [0.1, 0.15) is 0 Å². The average molecular weight is 470 g/mol. The Balaban J connectivity index is 1.30. The van der Waals surface area contributed by atoms with Crippen LogP contribution in [0.4, 0.5) is 0 Å². The van der Waals surface area contributed by atoms with Crippen molar-refractivity contribution in [1.29, 1.82) is 0 Å². The van der Waals surface area contributed by atoms with Gasteiger partial charge in [-0.25, -0.2) is 0 Å². The monoisotopic (exact) mass is 469 g/mol. The highest BCUT2D eigenvalue weighted by Crippen LogP contribution is 2.36.